The lowest BCUT2D eigenvalue weighted by Gasteiger charge is -2.45. The van der Waals surface area contributed by atoms with Crippen molar-refractivity contribution in [3.8, 4) is 6.07 Å². The van der Waals surface area contributed by atoms with Gasteiger partial charge in [0.2, 0.25) is 0 Å². The van der Waals surface area contributed by atoms with E-state index in [1.165, 1.54) is 4.90 Å². The van der Waals surface area contributed by atoms with Gasteiger partial charge < -0.3 is 14.9 Å². The van der Waals surface area contributed by atoms with Gasteiger partial charge in [0.05, 0.1) is 34.0 Å². The van der Waals surface area contributed by atoms with Crippen molar-refractivity contribution < 1.29 is 9.90 Å². The average molecular weight is 537 g/mol. The Morgan fingerprint density at radius 1 is 1.08 bits per heavy atom. The molecule has 0 radical (unpaired) electrons. The number of carbonyl (C=O) groups is 1. The molecule has 1 fully saturated rings. The molecule has 1 aliphatic heterocycles. The van der Waals surface area contributed by atoms with Gasteiger partial charge in [0.1, 0.15) is 0 Å². The third-order valence-corrected chi connectivity index (χ3v) is 7.35. The van der Waals surface area contributed by atoms with Crippen molar-refractivity contribution in [1.82, 2.24) is 9.80 Å². The average Bonchev–Trinajstić information content (AvgIpc) is 2.88. The Morgan fingerprint density at radius 2 is 1.76 bits per heavy atom. The first-order valence-corrected chi connectivity index (χ1v) is 12.8. The Hall–Kier alpha value is -3.08. The van der Waals surface area contributed by atoms with Crippen LogP contribution in [-0.4, -0.2) is 61.1 Å². The topological polar surface area (TPSA) is 70.8 Å². The smallest absolute Gasteiger partial charge is 0.253 e. The highest BCUT2D eigenvalue weighted by molar-refractivity contribution is 6.33. The molecule has 1 amide bonds. The van der Waals surface area contributed by atoms with Crippen LogP contribution >= 0.6 is 23.2 Å². The Bertz CT molecular complexity index is 1300. The van der Waals surface area contributed by atoms with Gasteiger partial charge in [-0.05, 0) is 60.5 Å². The molecule has 2 atom stereocenters. The number of halogens is 2. The van der Waals surface area contributed by atoms with E-state index < -0.39 is 5.60 Å². The second-order valence-corrected chi connectivity index (χ2v) is 10.7. The monoisotopic (exact) mass is 536 g/mol. The van der Waals surface area contributed by atoms with E-state index in [0.717, 1.165) is 16.8 Å². The van der Waals surface area contributed by atoms with Crippen molar-refractivity contribution in [3.63, 3.8) is 0 Å². The summed E-state index contributed by atoms with van der Waals surface area (Å²) in [7, 11) is 3.43. The molecule has 0 aromatic heterocycles. The number of anilines is 1. The quantitative estimate of drug-likeness (QED) is 0.460. The summed E-state index contributed by atoms with van der Waals surface area (Å²) in [4.78, 5) is 18.4. The molecule has 6 nitrogen and oxygen atoms in total. The van der Waals surface area contributed by atoms with Crippen LogP contribution in [0.4, 0.5) is 5.69 Å². The second kappa shape index (κ2) is 11.1. The second-order valence-electron chi connectivity index (χ2n) is 9.82. The number of benzene rings is 3. The van der Waals surface area contributed by atoms with Crippen molar-refractivity contribution in [2.75, 3.05) is 45.2 Å². The summed E-state index contributed by atoms with van der Waals surface area (Å²) in [6.07, 6.45) is 0. The van der Waals surface area contributed by atoms with E-state index in [9.17, 15) is 9.90 Å². The van der Waals surface area contributed by atoms with E-state index in [0.29, 0.717) is 47.4 Å². The summed E-state index contributed by atoms with van der Waals surface area (Å²) in [5.41, 5.74) is 2.71. The number of hydrogen-bond donors (Lipinski definition) is 1. The van der Waals surface area contributed by atoms with Crippen LogP contribution in [0, 0.1) is 11.3 Å². The molecule has 1 aliphatic rings. The summed E-state index contributed by atoms with van der Waals surface area (Å²) in [6, 6.07) is 22.4. The van der Waals surface area contributed by atoms with E-state index in [1.807, 2.05) is 48.5 Å². The highest BCUT2D eigenvalue weighted by atomic mass is 35.5. The molecular formula is C29H30Cl2N4O2. The van der Waals surface area contributed by atoms with E-state index >= 15 is 0 Å². The summed E-state index contributed by atoms with van der Waals surface area (Å²) in [6.45, 7) is 4.28. The molecule has 37 heavy (non-hydrogen) atoms. The van der Waals surface area contributed by atoms with E-state index in [1.54, 1.807) is 39.2 Å². The minimum atomic E-state index is -1.09. The van der Waals surface area contributed by atoms with Crippen LogP contribution in [0.3, 0.4) is 0 Å². The van der Waals surface area contributed by atoms with Crippen LogP contribution in [0.1, 0.15) is 40.0 Å². The molecule has 192 valence electrons. The summed E-state index contributed by atoms with van der Waals surface area (Å²) in [5, 5.41) is 21.6. The van der Waals surface area contributed by atoms with Gasteiger partial charge in [-0.25, -0.2) is 0 Å². The lowest BCUT2D eigenvalue weighted by Crippen LogP contribution is -2.52. The fourth-order valence-electron chi connectivity index (χ4n) is 4.80. The zero-order valence-corrected chi connectivity index (χ0v) is 22.7. The Morgan fingerprint density at radius 3 is 2.35 bits per heavy atom. The lowest BCUT2D eigenvalue weighted by atomic mass is 9.93. The van der Waals surface area contributed by atoms with Crippen LogP contribution in [0.5, 0.6) is 0 Å². The first-order valence-electron chi connectivity index (χ1n) is 12.1. The molecule has 3 aromatic carbocycles. The molecule has 0 saturated carbocycles. The molecule has 1 heterocycles. The largest absolute Gasteiger partial charge is 0.384 e. The highest BCUT2D eigenvalue weighted by Crippen LogP contribution is 2.37. The van der Waals surface area contributed by atoms with Crippen LogP contribution < -0.4 is 4.90 Å². The van der Waals surface area contributed by atoms with Gasteiger partial charge in [-0.1, -0.05) is 47.5 Å². The normalized spacial score (nSPS) is 17.6. The van der Waals surface area contributed by atoms with Crippen molar-refractivity contribution in [1.29, 1.82) is 5.26 Å². The fourth-order valence-corrected chi connectivity index (χ4v) is 5.22. The zero-order valence-electron chi connectivity index (χ0n) is 21.2. The van der Waals surface area contributed by atoms with Crippen LogP contribution in [0.2, 0.25) is 10.0 Å². The molecule has 0 bridgehead atoms. The van der Waals surface area contributed by atoms with Gasteiger partial charge in [-0.2, -0.15) is 5.26 Å². The Balaban J connectivity index is 1.61. The molecule has 3 aromatic rings. The van der Waals surface area contributed by atoms with E-state index in [4.69, 9.17) is 28.5 Å². The molecule has 0 aliphatic carbocycles. The molecule has 0 unspecified atom stereocenters. The third kappa shape index (κ3) is 6.08. The van der Waals surface area contributed by atoms with Crippen molar-refractivity contribution in [3.05, 3.63) is 99.0 Å². The summed E-state index contributed by atoms with van der Waals surface area (Å²) in [5.74, 6) is -0.0995. The van der Waals surface area contributed by atoms with Crippen molar-refractivity contribution in [2.45, 2.75) is 18.6 Å². The van der Waals surface area contributed by atoms with Crippen LogP contribution in [0.25, 0.3) is 0 Å². The fraction of sp³-hybridized carbons (Fsp3) is 0.310. The maximum Gasteiger partial charge on any atom is 0.253 e. The third-order valence-electron chi connectivity index (χ3n) is 6.80. The standard InChI is InChI=1S/C29H30Cl2N4O2/c1-29(37,23-9-4-20(17-32)5-10-23)19-34-14-15-35(27(18-34)21-6-11-24(30)12-7-21)26-13-8-22(16-25(26)31)28(36)33(2)3/h4-13,16,27,37H,14-15,18-19H2,1-3H3/t27-,29+/m0/s1. The molecule has 1 N–H and O–H groups in total. The van der Waals surface area contributed by atoms with Gasteiger partial charge in [-0.15, -0.1) is 0 Å². The number of piperazine rings is 1. The Kier molecular flexibility index (Phi) is 8.11. The number of β-amino-alcohol motifs (C(OH)–C–C–N with tert-alkyl or cyclic N) is 1. The van der Waals surface area contributed by atoms with Gasteiger partial charge in [0.15, 0.2) is 0 Å². The van der Waals surface area contributed by atoms with Gasteiger partial charge in [0.25, 0.3) is 5.91 Å². The first kappa shape index (κ1) is 27.0. The maximum atomic E-state index is 12.4. The van der Waals surface area contributed by atoms with Crippen LogP contribution in [0.15, 0.2) is 66.7 Å². The molecule has 1 saturated heterocycles. The van der Waals surface area contributed by atoms with Gasteiger partial charge in [0, 0.05) is 50.9 Å². The number of aliphatic hydroxyl groups is 1. The van der Waals surface area contributed by atoms with Gasteiger partial charge in [-0.3, -0.25) is 9.69 Å². The molecular weight excluding hydrogens is 507 g/mol. The predicted octanol–water partition coefficient (Wildman–Crippen LogP) is 5.34. The molecule has 8 heteroatoms. The zero-order chi connectivity index (χ0) is 26.7. The summed E-state index contributed by atoms with van der Waals surface area (Å²) >= 11 is 12.9. The SMILES string of the molecule is CN(C)C(=O)c1ccc(N2CCN(C[C@@](C)(O)c3ccc(C#N)cc3)C[C@H]2c2ccc(Cl)cc2)c(Cl)c1. The number of hydrogen-bond acceptors (Lipinski definition) is 5. The lowest BCUT2D eigenvalue weighted by molar-refractivity contribution is 0.0103. The first-order chi connectivity index (χ1) is 17.6. The van der Waals surface area contributed by atoms with E-state index in [2.05, 4.69) is 15.9 Å². The molecule has 0 spiro atoms. The maximum absolute atomic E-state index is 12.4. The number of nitriles is 1. The van der Waals surface area contributed by atoms with Gasteiger partial charge >= 0.3 is 0 Å². The number of carbonyl (C=O) groups excluding carboxylic acids is 1. The minimum absolute atomic E-state index is 0.0457. The predicted molar refractivity (Wildman–Crippen MR) is 148 cm³/mol. The van der Waals surface area contributed by atoms with Crippen molar-refractivity contribution >= 4 is 34.8 Å². The number of nitrogens with zero attached hydrogens (tertiary/aromatic N) is 4. The molecule has 4 rings (SSSR count). The number of amides is 1. The highest BCUT2D eigenvalue weighted by Gasteiger charge is 2.34. The number of rotatable bonds is 6. The van der Waals surface area contributed by atoms with Crippen LogP contribution in [-0.2, 0) is 5.60 Å². The Labute approximate surface area is 228 Å². The van der Waals surface area contributed by atoms with Crippen molar-refractivity contribution in [2.24, 2.45) is 0 Å². The minimum Gasteiger partial charge on any atom is -0.384 e. The summed E-state index contributed by atoms with van der Waals surface area (Å²) < 4.78 is 0. The van der Waals surface area contributed by atoms with E-state index in [-0.39, 0.29) is 11.9 Å².